The summed E-state index contributed by atoms with van der Waals surface area (Å²) in [4.78, 5) is 27.2. The lowest BCUT2D eigenvalue weighted by atomic mass is 9.97. The number of nitrogens with zero attached hydrogens (tertiary/aromatic N) is 1. The van der Waals surface area contributed by atoms with Gasteiger partial charge in [0.15, 0.2) is 0 Å². The molecule has 0 aliphatic heterocycles. The standard InChI is InChI=1S/C25H35N3O2/c1-8-17(3)21-11-9-10-12-22(21)26-25(30)20(6)28(7)15-23(29)27-24-18(4)13-16(2)14-19(24)5/h9-14,17,20H,8,15H2,1-7H3,(H,26,30)(H,27,29)/t17-,20+/m0/s1. The van der Waals surface area contributed by atoms with Crippen molar-refractivity contribution in [2.75, 3.05) is 24.2 Å². The number of hydrogen-bond donors (Lipinski definition) is 2. The molecule has 30 heavy (non-hydrogen) atoms. The summed E-state index contributed by atoms with van der Waals surface area (Å²) in [6, 6.07) is 11.6. The van der Waals surface area contributed by atoms with Crippen LogP contribution in [0.25, 0.3) is 0 Å². The van der Waals surface area contributed by atoms with Crippen LogP contribution in [0.1, 0.15) is 55.4 Å². The second-order valence-electron chi connectivity index (χ2n) is 8.30. The lowest BCUT2D eigenvalue weighted by molar-refractivity contribution is -0.122. The molecule has 2 aromatic rings. The summed E-state index contributed by atoms with van der Waals surface area (Å²) in [7, 11) is 1.79. The van der Waals surface area contributed by atoms with E-state index in [1.54, 1.807) is 11.9 Å². The molecule has 0 spiro atoms. The third-order valence-electron chi connectivity index (χ3n) is 5.74. The molecule has 0 heterocycles. The summed E-state index contributed by atoms with van der Waals surface area (Å²) in [5.74, 6) is 0.109. The highest BCUT2D eigenvalue weighted by molar-refractivity contribution is 5.97. The zero-order chi connectivity index (χ0) is 22.4. The molecule has 2 N–H and O–H groups in total. The Morgan fingerprint density at radius 3 is 2.20 bits per heavy atom. The third kappa shape index (κ3) is 5.92. The quantitative estimate of drug-likeness (QED) is 0.643. The van der Waals surface area contributed by atoms with Crippen LogP contribution >= 0.6 is 0 Å². The van der Waals surface area contributed by atoms with Crippen molar-refractivity contribution >= 4 is 23.2 Å². The van der Waals surface area contributed by atoms with Gasteiger partial charge in [0.25, 0.3) is 0 Å². The zero-order valence-electron chi connectivity index (χ0n) is 19.3. The van der Waals surface area contributed by atoms with Crippen molar-refractivity contribution in [3.05, 3.63) is 58.7 Å². The maximum Gasteiger partial charge on any atom is 0.241 e. The Morgan fingerprint density at radius 2 is 1.60 bits per heavy atom. The molecular formula is C25H35N3O2. The molecular weight excluding hydrogens is 374 g/mol. The third-order valence-corrected chi connectivity index (χ3v) is 5.74. The highest BCUT2D eigenvalue weighted by Crippen LogP contribution is 2.27. The number of nitrogens with one attached hydrogen (secondary N) is 2. The van der Waals surface area contributed by atoms with Gasteiger partial charge in [0.05, 0.1) is 12.6 Å². The molecule has 2 atom stereocenters. The van der Waals surface area contributed by atoms with Crippen LogP contribution in [0.2, 0.25) is 0 Å². The summed E-state index contributed by atoms with van der Waals surface area (Å²) in [6.07, 6.45) is 1.00. The lowest BCUT2D eigenvalue weighted by Gasteiger charge is -2.25. The number of rotatable bonds is 8. The van der Waals surface area contributed by atoms with Gasteiger partial charge in [0.2, 0.25) is 11.8 Å². The van der Waals surface area contributed by atoms with Crippen LogP contribution in [-0.4, -0.2) is 36.3 Å². The monoisotopic (exact) mass is 409 g/mol. The molecule has 2 amide bonds. The second-order valence-corrected chi connectivity index (χ2v) is 8.30. The van der Waals surface area contributed by atoms with Crippen LogP contribution in [0.15, 0.2) is 36.4 Å². The van der Waals surface area contributed by atoms with Gasteiger partial charge in [-0.05, 0) is 69.8 Å². The van der Waals surface area contributed by atoms with E-state index in [2.05, 4.69) is 42.7 Å². The van der Waals surface area contributed by atoms with Crippen LogP contribution in [0.3, 0.4) is 0 Å². The molecule has 162 valence electrons. The first-order valence-corrected chi connectivity index (χ1v) is 10.6. The molecule has 5 nitrogen and oxygen atoms in total. The maximum absolute atomic E-state index is 12.8. The van der Waals surface area contributed by atoms with Gasteiger partial charge >= 0.3 is 0 Å². The van der Waals surface area contributed by atoms with Crippen LogP contribution < -0.4 is 10.6 Å². The molecule has 0 radical (unpaired) electrons. The molecule has 0 saturated heterocycles. The predicted molar refractivity (Wildman–Crippen MR) is 125 cm³/mol. The van der Waals surface area contributed by atoms with E-state index in [1.165, 1.54) is 5.56 Å². The van der Waals surface area contributed by atoms with Gasteiger partial charge in [-0.15, -0.1) is 0 Å². The Balaban J connectivity index is 2.01. The molecule has 0 fully saturated rings. The minimum atomic E-state index is -0.444. The minimum absolute atomic E-state index is 0.122. The molecule has 5 heteroatoms. The predicted octanol–water partition coefficient (Wildman–Crippen LogP) is 5.02. The largest absolute Gasteiger partial charge is 0.324 e. The van der Waals surface area contributed by atoms with Crippen LogP contribution in [0.5, 0.6) is 0 Å². The Bertz CT molecular complexity index is 884. The molecule has 0 unspecified atom stereocenters. The van der Waals surface area contributed by atoms with Gasteiger partial charge in [-0.25, -0.2) is 0 Å². The van der Waals surface area contributed by atoms with Crippen molar-refractivity contribution in [2.24, 2.45) is 0 Å². The molecule has 0 aliphatic rings. The lowest BCUT2D eigenvalue weighted by Crippen LogP contribution is -2.43. The van der Waals surface area contributed by atoms with Gasteiger partial charge in [-0.3, -0.25) is 14.5 Å². The normalized spacial score (nSPS) is 13.1. The fourth-order valence-corrected chi connectivity index (χ4v) is 3.62. The number of amides is 2. The van der Waals surface area contributed by atoms with E-state index in [1.807, 2.05) is 45.9 Å². The van der Waals surface area contributed by atoms with E-state index in [0.717, 1.165) is 34.5 Å². The Labute approximate surface area is 180 Å². The van der Waals surface area contributed by atoms with Gasteiger partial charge in [-0.2, -0.15) is 0 Å². The first-order valence-electron chi connectivity index (χ1n) is 10.6. The van der Waals surface area contributed by atoms with Crippen molar-refractivity contribution in [1.82, 2.24) is 4.90 Å². The topological polar surface area (TPSA) is 61.4 Å². The number of benzene rings is 2. The Hall–Kier alpha value is -2.66. The SMILES string of the molecule is CC[C@H](C)c1ccccc1NC(=O)[C@@H](C)N(C)CC(=O)Nc1c(C)cc(C)cc1C. The average Bonchev–Trinajstić information content (AvgIpc) is 2.69. The molecule has 0 aromatic heterocycles. The zero-order valence-corrected chi connectivity index (χ0v) is 19.3. The number of carbonyl (C=O) groups excluding carboxylic acids is 2. The van der Waals surface area contributed by atoms with E-state index in [-0.39, 0.29) is 18.4 Å². The number of aryl methyl sites for hydroxylation is 3. The summed E-state index contributed by atoms with van der Waals surface area (Å²) in [5, 5.41) is 6.04. The number of anilines is 2. The van der Waals surface area contributed by atoms with Crippen molar-refractivity contribution in [1.29, 1.82) is 0 Å². The van der Waals surface area contributed by atoms with Gasteiger partial charge in [0.1, 0.15) is 0 Å². The Morgan fingerprint density at radius 1 is 1.00 bits per heavy atom. The molecule has 0 saturated carbocycles. The summed E-state index contributed by atoms with van der Waals surface area (Å²) in [6.45, 7) is 12.3. The fraction of sp³-hybridized carbons (Fsp3) is 0.440. The molecule has 0 aliphatic carbocycles. The number of hydrogen-bond acceptors (Lipinski definition) is 3. The maximum atomic E-state index is 12.8. The molecule has 0 bridgehead atoms. The van der Waals surface area contributed by atoms with Crippen molar-refractivity contribution in [3.8, 4) is 0 Å². The summed E-state index contributed by atoms with van der Waals surface area (Å²) >= 11 is 0. The highest BCUT2D eigenvalue weighted by atomic mass is 16.2. The highest BCUT2D eigenvalue weighted by Gasteiger charge is 2.22. The van der Waals surface area contributed by atoms with Gasteiger partial charge in [0, 0.05) is 11.4 Å². The number of para-hydroxylation sites is 1. The van der Waals surface area contributed by atoms with E-state index in [4.69, 9.17) is 0 Å². The van der Waals surface area contributed by atoms with Crippen molar-refractivity contribution < 1.29 is 9.59 Å². The minimum Gasteiger partial charge on any atom is -0.324 e. The summed E-state index contributed by atoms with van der Waals surface area (Å²) < 4.78 is 0. The van der Waals surface area contributed by atoms with E-state index < -0.39 is 6.04 Å². The van der Waals surface area contributed by atoms with Crippen LogP contribution in [0.4, 0.5) is 11.4 Å². The summed E-state index contributed by atoms with van der Waals surface area (Å²) in [5.41, 5.74) is 6.06. The molecule has 2 rings (SSSR count). The number of likely N-dealkylation sites (N-methyl/N-ethyl adjacent to an activating group) is 1. The first-order chi connectivity index (χ1) is 14.1. The smallest absolute Gasteiger partial charge is 0.241 e. The average molecular weight is 410 g/mol. The van der Waals surface area contributed by atoms with E-state index in [0.29, 0.717) is 5.92 Å². The molecule has 2 aromatic carbocycles. The van der Waals surface area contributed by atoms with Gasteiger partial charge in [-0.1, -0.05) is 49.7 Å². The van der Waals surface area contributed by atoms with E-state index >= 15 is 0 Å². The Kier molecular flexibility index (Phi) is 8.18. The number of carbonyl (C=O) groups is 2. The van der Waals surface area contributed by atoms with Crippen LogP contribution in [0, 0.1) is 20.8 Å². The van der Waals surface area contributed by atoms with Crippen molar-refractivity contribution in [2.45, 2.75) is 59.9 Å². The van der Waals surface area contributed by atoms with Crippen LogP contribution in [-0.2, 0) is 9.59 Å². The fourth-order valence-electron chi connectivity index (χ4n) is 3.62. The van der Waals surface area contributed by atoms with Gasteiger partial charge < -0.3 is 10.6 Å². The van der Waals surface area contributed by atoms with Crippen molar-refractivity contribution in [3.63, 3.8) is 0 Å². The first kappa shape index (κ1) is 23.6. The van der Waals surface area contributed by atoms with E-state index in [9.17, 15) is 9.59 Å². The second kappa shape index (κ2) is 10.4.